The van der Waals surface area contributed by atoms with Gasteiger partial charge >= 0.3 is 5.97 Å². The number of carbonyl (C=O) groups is 1. The monoisotopic (exact) mass is 224 g/mol. The lowest BCUT2D eigenvalue weighted by molar-refractivity contribution is -0.138. The molecule has 0 unspecified atom stereocenters. The van der Waals surface area contributed by atoms with E-state index in [9.17, 15) is 4.79 Å². The molecule has 0 bridgehead atoms. The van der Waals surface area contributed by atoms with Crippen molar-refractivity contribution in [1.82, 2.24) is 9.78 Å². The van der Waals surface area contributed by atoms with Gasteiger partial charge in [-0.2, -0.15) is 5.10 Å². The molecule has 8 nitrogen and oxygen atoms in total. The number of rotatable bonds is 6. The Balaban J connectivity index is 2.51. The second kappa shape index (κ2) is 5.74. The van der Waals surface area contributed by atoms with E-state index < -0.39 is 12.0 Å². The van der Waals surface area contributed by atoms with Gasteiger partial charge in [0, 0.05) is 30.6 Å². The quantitative estimate of drug-likeness (QED) is 0.404. The lowest BCUT2D eigenvalue weighted by Gasteiger charge is -2.02. The van der Waals surface area contributed by atoms with Gasteiger partial charge in [-0.05, 0) is 11.6 Å². The Kier molecular flexibility index (Phi) is 4.31. The van der Waals surface area contributed by atoms with Crippen LogP contribution in [-0.4, -0.2) is 33.4 Å². The summed E-state index contributed by atoms with van der Waals surface area (Å²) < 4.78 is 1.58. The number of nitrogens with two attached hydrogens (primary N) is 1. The van der Waals surface area contributed by atoms with Crippen molar-refractivity contribution in [2.45, 2.75) is 19.0 Å². The summed E-state index contributed by atoms with van der Waals surface area (Å²) in [5, 5.41) is 16.1. The number of azide groups is 1. The smallest absolute Gasteiger partial charge is 0.320 e. The van der Waals surface area contributed by atoms with E-state index in [2.05, 4.69) is 15.1 Å². The zero-order valence-electron chi connectivity index (χ0n) is 8.52. The molecule has 0 aliphatic heterocycles. The van der Waals surface area contributed by atoms with E-state index in [1.54, 1.807) is 16.9 Å². The fraction of sp³-hybridized carbons (Fsp3) is 0.500. The zero-order valence-corrected chi connectivity index (χ0v) is 8.52. The van der Waals surface area contributed by atoms with Crippen LogP contribution in [0.15, 0.2) is 17.4 Å². The molecule has 0 radical (unpaired) electrons. The average molecular weight is 224 g/mol. The van der Waals surface area contributed by atoms with Gasteiger partial charge in [0.2, 0.25) is 0 Å². The molecular formula is C8H12N6O2. The maximum absolute atomic E-state index is 10.5. The van der Waals surface area contributed by atoms with Gasteiger partial charge in [-0.15, -0.1) is 0 Å². The molecular weight excluding hydrogens is 212 g/mol. The topological polar surface area (TPSA) is 130 Å². The minimum absolute atomic E-state index is 0.184. The van der Waals surface area contributed by atoms with E-state index in [1.165, 1.54) is 0 Å². The summed E-state index contributed by atoms with van der Waals surface area (Å²) in [6.07, 6.45) is 1.88. The molecule has 0 saturated heterocycles. The van der Waals surface area contributed by atoms with Crippen LogP contribution in [0.1, 0.15) is 5.69 Å². The number of nitrogens with zero attached hydrogens (tertiary/aromatic N) is 5. The number of aliphatic carboxylic acids is 1. The molecule has 86 valence electrons. The fourth-order valence-electron chi connectivity index (χ4n) is 1.14. The molecule has 0 aliphatic rings. The highest BCUT2D eigenvalue weighted by Gasteiger charge is 2.13. The van der Waals surface area contributed by atoms with E-state index in [1.807, 2.05) is 0 Å². The zero-order chi connectivity index (χ0) is 12.0. The molecule has 1 rings (SSSR count). The lowest BCUT2D eigenvalue weighted by Crippen LogP contribution is -2.32. The molecule has 1 heterocycles. The predicted octanol–water partition coefficient (Wildman–Crippen LogP) is 0.148. The van der Waals surface area contributed by atoms with E-state index in [0.717, 1.165) is 0 Å². The van der Waals surface area contributed by atoms with E-state index >= 15 is 0 Å². The number of hydrogen-bond donors (Lipinski definition) is 2. The summed E-state index contributed by atoms with van der Waals surface area (Å²) in [5.41, 5.74) is 14.0. The van der Waals surface area contributed by atoms with Crippen LogP contribution < -0.4 is 5.73 Å². The standard InChI is InChI=1S/C8H12N6O2/c9-7(8(15)16)5-6-1-3-14(12-6)4-2-11-13-10/h1,3,7H,2,4-5,9H2,(H,15,16)/t7-/m0/s1. The normalized spacial score (nSPS) is 11.8. The van der Waals surface area contributed by atoms with Gasteiger partial charge in [-0.25, -0.2) is 0 Å². The first-order valence-electron chi connectivity index (χ1n) is 4.65. The third-order valence-corrected chi connectivity index (χ3v) is 1.93. The third kappa shape index (κ3) is 3.60. The first-order valence-corrected chi connectivity index (χ1v) is 4.65. The Morgan fingerprint density at radius 1 is 1.81 bits per heavy atom. The molecule has 0 saturated carbocycles. The molecule has 1 aromatic rings. The minimum Gasteiger partial charge on any atom is -0.480 e. The minimum atomic E-state index is -1.05. The molecule has 0 spiro atoms. The van der Waals surface area contributed by atoms with Gasteiger partial charge in [-0.3, -0.25) is 9.48 Å². The predicted molar refractivity (Wildman–Crippen MR) is 55.6 cm³/mol. The van der Waals surface area contributed by atoms with Crippen molar-refractivity contribution in [2.75, 3.05) is 6.54 Å². The van der Waals surface area contributed by atoms with Crippen LogP contribution in [0.5, 0.6) is 0 Å². The second-order valence-corrected chi connectivity index (χ2v) is 3.17. The van der Waals surface area contributed by atoms with Crippen molar-refractivity contribution < 1.29 is 9.90 Å². The summed E-state index contributed by atoms with van der Waals surface area (Å²) in [4.78, 5) is 13.1. The molecule has 3 N–H and O–H groups in total. The molecule has 0 aromatic carbocycles. The molecule has 8 heteroatoms. The van der Waals surface area contributed by atoms with Crippen molar-refractivity contribution >= 4 is 5.97 Å². The number of aromatic nitrogens is 2. The van der Waals surface area contributed by atoms with Crippen molar-refractivity contribution in [1.29, 1.82) is 0 Å². The second-order valence-electron chi connectivity index (χ2n) is 3.17. The summed E-state index contributed by atoms with van der Waals surface area (Å²) in [5.74, 6) is -1.05. The first-order chi connectivity index (χ1) is 7.63. The van der Waals surface area contributed by atoms with Gasteiger partial charge in [0.05, 0.1) is 5.69 Å². The average Bonchev–Trinajstić information content (AvgIpc) is 2.66. The van der Waals surface area contributed by atoms with Crippen LogP contribution in [-0.2, 0) is 17.8 Å². The Hall–Kier alpha value is -2.05. The molecule has 0 amide bonds. The van der Waals surface area contributed by atoms with Gasteiger partial charge in [-0.1, -0.05) is 5.11 Å². The highest BCUT2D eigenvalue weighted by molar-refractivity contribution is 5.73. The highest BCUT2D eigenvalue weighted by atomic mass is 16.4. The summed E-state index contributed by atoms with van der Waals surface area (Å²) >= 11 is 0. The Morgan fingerprint density at radius 2 is 2.56 bits per heavy atom. The van der Waals surface area contributed by atoms with Crippen LogP contribution >= 0.6 is 0 Å². The summed E-state index contributed by atoms with van der Waals surface area (Å²) in [6.45, 7) is 0.773. The third-order valence-electron chi connectivity index (χ3n) is 1.93. The van der Waals surface area contributed by atoms with Gasteiger partial charge in [0.15, 0.2) is 0 Å². The number of carboxylic acids is 1. The van der Waals surface area contributed by atoms with Gasteiger partial charge < -0.3 is 10.8 Å². The first kappa shape index (κ1) is 12.0. The Bertz CT molecular complexity index is 408. The molecule has 16 heavy (non-hydrogen) atoms. The fourth-order valence-corrected chi connectivity index (χ4v) is 1.14. The maximum Gasteiger partial charge on any atom is 0.320 e. The molecule has 1 aromatic heterocycles. The SMILES string of the molecule is [N-]=[N+]=NCCn1ccc(C[C@H](N)C(=O)O)n1. The molecule has 0 fully saturated rings. The largest absolute Gasteiger partial charge is 0.480 e. The number of carboxylic acid groups (broad SMARTS) is 1. The van der Waals surface area contributed by atoms with Gasteiger partial charge in [0.25, 0.3) is 0 Å². The van der Waals surface area contributed by atoms with Crippen LogP contribution in [0.25, 0.3) is 10.4 Å². The maximum atomic E-state index is 10.5. The van der Waals surface area contributed by atoms with Crippen LogP contribution in [0.2, 0.25) is 0 Å². The van der Waals surface area contributed by atoms with Gasteiger partial charge in [0.1, 0.15) is 6.04 Å². The highest BCUT2D eigenvalue weighted by Crippen LogP contribution is 1.99. The van der Waals surface area contributed by atoms with Crippen LogP contribution in [0.3, 0.4) is 0 Å². The summed E-state index contributed by atoms with van der Waals surface area (Å²) in [7, 11) is 0. The van der Waals surface area contributed by atoms with E-state index in [-0.39, 0.29) is 6.42 Å². The van der Waals surface area contributed by atoms with E-state index in [4.69, 9.17) is 16.4 Å². The summed E-state index contributed by atoms with van der Waals surface area (Å²) in [6, 6.07) is 0.749. The number of hydrogen-bond acceptors (Lipinski definition) is 4. The van der Waals surface area contributed by atoms with Crippen molar-refractivity contribution in [3.05, 3.63) is 28.4 Å². The van der Waals surface area contributed by atoms with Crippen molar-refractivity contribution in [2.24, 2.45) is 10.8 Å². The molecule has 1 atom stereocenters. The molecule has 0 aliphatic carbocycles. The Labute approximate surface area is 91.3 Å². The van der Waals surface area contributed by atoms with Crippen LogP contribution in [0.4, 0.5) is 0 Å². The van der Waals surface area contributed by atoms with Crippen LogP contribution in [0, 0.1) is 0 Å². The Morgan fingerprint density at radius 3 is 3.19 bits per heavy atom. The van der Waals surface area contributed by atoms with Crippen molar-refractivity contribution in [3.63, 3.8) is 0 Å². The lowest BCUT2D eigenvalue weighted by atomic mass is 10.2. The van der Waals surface area contributed by atoms with E-state index in [0.29, 0.717) is 18.8 Å². The van der Waals surface area contributed by atoms with Crippen molar-refractivity contribution in [3.8, 4) is 0 Å².